The average molecular weight is 307 g/mol. The van der Waals surface area contributed by atoms with Crippen molar-refractivity contribution in [3.63, 3.8) is 0 Å². The molecule has 0 fully saturated rings. The maximum absolute atomic E-state index is 12.7. The molecule has 1 aliphatic heterocycles. The van der Waals surface area contributed by atoms with Gasteiger partial charge in [-0.05, 0) is 30.7 Å². The van der Waals surface area contributed by atoms with Gasteiger partial charge in [0.1, 0.15) is 0 Å². The summed E-state index contributed by atoms with van der Waals surface area (Å²) < 4.78 is 0. The maximum Gasteiger partial charge on any atom is 0.261 e. The van der Waals surface area contributed by atoms with Crippen LogP contribution in [0.1, 0.15) is 15.9 Å². The summed E-state index contributed by atoms with van der Waals surface area (Å²) in [5, 5.41) is 0.722. The fraction of sp³-hybridized carbons (Fsp3) is 0.133. The van der Waals surface area contributed by atoms with Crippen LogP contribution in [0.4, 0.5) is 11.4 Å². The summed E-state index contributed by atoms with van der Waals surface area (Å²) in [7, 11) is 0. The molecule has 2 aromatic carbocycles. The van der Waals surface area contributed by atoms with Gasteiger partial charge in [-0.3, -0.25) is 4.79 Å². The van der Waals surface area contributed by atoms with E-state index in [1.54, 1.807) is 23.1 Å². The predicted octanol–water partition coefficient (Wildman–Crippen LogP) is 3.78. The largest absolute Gasteiger partial charge is 0.398 e. The van der Waals surface area contributed by atoms with Crippen LogP contribution in [0.2, 0.25) is 10.0 Å². The van der Waals surface area contributed by atoms with Crippen molar-refractivity contribution in [3.05, 3.63) is 57.6 Å². The minimum Gasteiger partial charge on any atom is -0.398 e. The van der Waals surface area contributed by atoms with Crippen LogP contribution in [-0.2, 0) is 6.42 Å². The first kappa shape index (κ1) is 13.3. The Kier molecular flexibility index (Phi) is 3.32. The Labute approximate surface area is 126 Å². The molecule has 1 heterocycles. The number of hydrogen-bond acceptors (Lipinski definition) is 2. The number of fused-ring (bicyclic) bond motifs is 1. The first-order chi connectivity index (χ1) is 9.59. The number of nitrogen functional groups attached to an aromatic ring is 1. The quantitative estimate of drug-likeness (QED) is 0.815. The zero-order valence-corrected chi connectivity index (χ0v) is 12.1. The molecular formula is C15H12Cl2N2O. The minimum absolute atomic E-state index is 0.190. The molecule has 0 aromatic heterocycles. The number of halogens is 2. The van der Waals surface area contributed by atoms with E-state index in [9.17, 15) is 4.79 Å². The number of nitrogens with two attached hydrogens (primary N) is 1. The summed E-state index contributed by atoms with van der Waals surface area (Å²) in [6, 6.07) is 10.6. The Balaban J connectivity index is 2.05. The number of benzene rings is 2. The van der Waals surface area contributed by atoms with Gasteiger partial charge in [0.15, 0.2) is 0 Å². The van der Waals surface area contributed by atoms with Crippen LogP contribution in [0.3, 0.4) is 0 Å². The number of amides is 1. The lowest BCUT2D eigenvalue weighted by Gasteiger charge is -2.19. The second kappa shape index (κ2) is 5.00. The van der Waals surface area contributed by atoms with Gasteiger partial charge in [0, 0.05) is 23.5 Å². The minimum atomic E-state index is -0.190. The summed E-state index contributed by atoms with van der Waals surface area (Å²) >= 11 is 12.2. The average Bonchev–Trinajstić information content (AvgIpc) is 2.83. The van der Waals surface area contributed by atoms with Crippen LogP contribution in [0.25, 0.3) is 0 Å². The molecule has 0 aliphatic carbocycles. The number of nitrogens with zero attached hydrogens (tertiary/aromatic N) is 1. The second-order valence-corrected chi connectivity index (χ2v) is 5.46. The van der Waals surface area contributed by atoms with Gasteiger partial charge in [-0.1, -0.05) is 35.3 Å². The van der Waals surface area contributed by atoms with Gasteiger partial charge in [-0.2, -0.15) is 0 Å². The zero-order chi connectivity index (χ0) is 14.3. The Bertz CT molecular complexity index is 680. The molecule has 2 N–H and O–H groups in total. The van der Waals surface area contributed by atoms with Gasteiger partial charge in [0.25, 0.3) is 5.91 Å². The normalized spacial score (nSPS) is 13.4. The van der Waals surface area contributed by atoms with Gasteiger partial charge in [0.2, 0.25) is 0 Å². The molecule has 0 spiro atoms. The molecule has 0 atom stereocenters. The molecule has 0 saturated heterocycles. The molecule has 102 valence electrons. The standard InChI is InChI=1S/C15H12Cl2N2O/c16-10-3-1-4-11(17)14(10)15(20)19-8-7-9-12(18)5-2-6-13(9)19/h1-6H,7-8,18H2. The van der Waals surface area contributed by atoms with Crippen LogP contribution >= 0.6 is 23.2 Å². The molecule has 3 rings (SSSR count). The highest BCUT2D eigenvalue weighted by Crippen LogP contribution is 2.35. The number of rotatable bonds is 1. The van der Waals surface area contributed by atoms with E-state index in [0.29, 0.717) is 27.8 Å². The highest BCUT2D eigenvalue weighted by atomic mass is 35.5. The smallest absolute Gasteiger partial charge is 0.261 e. The summed E-state index contributed by atoms with van der Waals surface area (Å²) in [6.45, 7) is 0.587. The summed E-state index contributed by atoms with van der Waals surface area (Å²) in [5.74, 6) is -0.190. The van der Waals surface area contributed by atoms with E-state index in [1.807, 2.05) is 18.2 Å². The van der Waals surface area contributed by atoms with Gasteiger partial charge in [-0.25, -0.2) is 0 Å². The maximum atomic E-state index is 12.7. The molecule has 1 amide bonds. The monoisotopic (exact) mass is 306 g/mol. The molecule has 20 heavy (non-hydrogen) atoms. The van der Waals surface area contributed by atoms with E-state index >= 15 is 0 Å². The van der Waals surface area contributed by atoms with Gasteiger partial charge >= 0.3 is 0 Å². The molecule has 5 heteroatoms. The van der Waals surface area contributed by atoms with Crippen LogP contribution in [0.15, 0.2) is 36.4 Å². The lowest BCUT2D eigenvalue weighted by atomic mass is 10.1. The molecular weight excluding hydrogens is 295 g/mol. The SMILES string of the molecule is Nc1cccc2c1CCN2C(=O)c1c(Cl)cccc1Cl. The van der Waals surface area contributed by atoms with E-state index in [1.165, 1.54) is 0 Å². The van der Waals surface area contributed by atoms with Crippen LogP contribution in [-0.4, -0.2) is 12.5 Å². The number of hydrogen-bond donors (Lipinski definition) is 1. The van der Waals surface area contributed by atoms with Crippen molar-refractivity contribution >= 4 is 40.5 Å². The number of anilines is 2. The topological polar surface area (TPSA) is 46.3 Å². The second-order valence-electron chi connectivity index (χ2n) is 4.65. The van der Waals surface area contributed by atoms with E-state index in [4.69, 9.17) is 28.9 Å². The highest BCUT2D eigenvalue weighted by molar-refractivity contribution is 6.40. The van der Waals surface area contributed by atoms with Crippen molar-refractivity contribution in [2.45, 2.75) is 6.42 Å². The van der Waals surface area contributed by atoms with Crippen molar-refractivity contribution in [3.8, 4) is 0 Å². The summed E-state index contributed by atoms with van der Waals surface area (Å²) in [4.78, 5) is 14.4. The van der Waals surface area contributed by atoms with Crippen LogP contribution in [0, 0.1) is 0 Å². The van der Waals surface area contributed by atoms with Crippen LogP contribution in [0.5, 0.6) is 0 Å². The molecule has 2 aromatic rings. The highest BCUT2D eigenvalue weighted by Gasteiger charge is 2.29. The summed E-state index contributed by atoms with van der Waals surface area (Å²) in [6.07, 6.45) is 0.746. The van der Waals surface area contributed by atoms with Crippen molar-refractivity contribution < 1.29 is 4.79 Å². The number of carbonyl (C=O) groups is 1. The van der Waals surface area contributed by atoms with Gasteiger partial charge in [-0.15, -0.1) is 0 Å². The van der Waals surface area contributed by atoms with Gasteiger partial charge < -0.3 is 10.6 Å². The molecule has 3 nitrogen and oxygen atoms in total. The molecule has 0 saturated carbocycles. The van der Waals surface area contributed by atoms with E-state index in [0.717, 1.165) is 17.7 Å². The van der Waals surface area contributed by atoms with E-state index in [2.05, 4.69) is 0 Å². The molecule has 0 radical (unpaired) electrons. The lowest BCUT2D eigenvalue weighted by Crippen LogP contribution is -2.29. The molecule has 1 aliphatic rings. The third-order valence-corrected chi connectivity index (χ3v) is 4.12. The Hall–Kier alpha value is -1.71. The third-order valence-electron chi connectivity index (χ3n) is 3.49. The first-order valence-corrected chi connectivity index (χ1v) is 6.98. The first-order valence-electron chi connectivity index (χ1n) is 6.23. The Morgan fingerprint density at radius 1 is 1.10 bits per heavy atom. The van der Waals surface area contributed by atoms with Gasteiger partial charge in [0.05, 0.1) is 15.6 Å². The van der Waals surface area contributed by atoms with Crippen molar-refractivity contribution in [1.82, 2.24) is 0 Å². The fourth-order valence-corrected chi connectivity index (χ4v) is 3.07. The van der Waals surface area contributed by atoms with Crippen molar-refractivity contribution in [2.24, 2.45) is 0 Å². The third kappa shape index (κ3) is 2.03. The lowest BCUT2D eigenvalue weighted by molar-refractivity contribution is 0.0989. The van der Waals surface area contributed by atoms with Crippen LogP contribution < -0.4 is 10.6 Å². The van der Waals surface area contributed by atoms with E-state index < -0.39 is 0 Å². The molecule has 0 unspecified atom stereocenters. The predicted molar refractivity (Wildman–Crippen MR) is 82.7 cm³/mol. The molecule has 0 bridgehead atoms. The van der Waals surface area contributed by atoms with Crippen molar-refractivity contribution in [2.75, 3.05) is 17.2 Å². The Morgan fingerprint density at radius 2 is 1.75 bits per heavy atom. The fourth-order valence-electron chi connectivity index (χ4n) is 2.51. The zero-order valence-electron chi connectivity index (χ0n) is 10.6. The van der Waals surface area contributed by atoms with Crippen molar-refractivity contribution in [1.29, 1.82) is 0 Å². The summed E-state index contributed by atoms with van der Waals surface area (Å²) in [5.41, 5.74) is 8.84. The number of carbonyl (C=O) groups excluding carboxylic acids is 1. The van der Waals surface area contributed by atoms with E-state index in [-0.39, 0.29) is 5.91 Å². The Morgan fingerprint density at radius 3 is 2.45 bits per heavy atom.